The molecule has 7 nitrogen and oxygen atoms in total. The minimum absolute atomic E-state index is 0.0194. The van der Waals surface area contributed by atoms with E-state index in [2.05, 4.69) is 40.5 Å². The van der Waals surface area contributed by atoms with Gasteiger partial charge in [-0.15, -0.1) is 0 Å². The van der Waals surface area contributed by atoms with Crippen LogP contribution in [-0.4, -0.2) is 49.0 Å². The zero-order valence-electron chi connectivity index (χ0n) is 15.5. The van der Waals surface area contributed by atoms with Gasteiger partial charge in [-0.1, -0.05) is 0 Å². The van der Waals surface area contributed by atoms with Gasteiger partial charge >= 0.3 is 0 Å². The lowest BCUT2D eigenvalue weighted by atomic mass is 10.2. The lowest BCUT2D eigenvalue weighted by Crippen LogP contribution is -2.46. The van der Waals surface area contributed by atoms with Crippen molar-refractivity contribution in [3.05, 3.63) is 30.2 Å². The summed E-state index contributed by atoms with van der Waals surface area (Å²) in [5.41, 5.74) is 1.16. The Hall–Kier alpha value is -2.15. The molecule has 0 radical (unpaired) electrons. The van der Waals surface area contributed by atoms with Crippen molar-refractivity contribution in [2.75, 3.05) is 11.9 Å². The van der Waals surface area contributed by atoms with Crippen LogP contribution in [-0.2, 0) is 11.3 Å². The molecular formula is C18H28N6O. The molecule has 1 aliphatic rings. The van der Waals surface area contributed by atoms with Crippen LogP contribution in [0.3, 0.4) is 0 Å². The first kappa shape index (κ1) is 17.7. The Labute approximate surface area is 149 Å². The van der Waals surface area contributed by atoms with Crippen LogP contribution in [0.2, 0.25) is 0 Å². The van der Waals surface area contributed by atoms with Gasteiger partial charge in [0, 0.05) is 24.3 Å². The predicted molar refractivity (Wildman–Crippen MR) is 97.4 cm³/mol. The number of likely N-dealkylation sites (tertiary alicyclic amines) is 1. The quantitative estimate of drug-likeness (QED) is 0.874. The molecule has 3 heterocycles. The van der Waals surface area contributed by atoms with E-state index in [1.807, 2.05) is 35.5 Å². The Morgan fingerprint density at radius 1 is 1.36 bits per heavy atom. The molecule has 25 heavy (non-hydrogen) atoms. The highest BCUT2D eigenvalue weighted by molar-refractivity contribution is 5.93. The number of nitrogens with one attached hydrogen (secondary N) is 1. The first-order valence-electron chi connectivity index (χ1n) is 9.05. The minimum atomic E-state index is -0.181. The van der Waals surface area contributed by atoms with E-state index in [1.54, 1.807) is 6.20 Å². The number of carbonyl (C=O) groups excluding carboxylic acids is 1. The zero-order chi connectivity index (χ0) is 18.0. The Morgan fingerprint density at radius 2 is 2.16 bits per heavy atom. The Morgan fingerprint density at radius 3 is 2.84 bits per heavy atom. The summed E-state index contributed by atoms with van der Waals surface area (Å²) in [6.45, 7) is 9.91. The van der Waals surface area contributed by atoms with E-state index < -0.39 is 0 Å². The van der Waals surface area contributed by atoms with Crippen molar-refractivity contribution in [3.63, 3.8) is 0 Å². The maximum absolute atomic E-state index is 12.8. The molecule has 2 atom stereocenters. The zero-order valence-corrected chi connectivity index (χ0v) is 15.5. The van der Waals surface area contributed by atoms with Gasteiger partial charge in [0.1, 0.15) is 5.82 Å². The predicted octanol–water partition coefficient (Wildman–Crippen LogP) is 2.46. The van der Waals surface area contributed by atoms with Crippen LogP contribution in [0.25, 0.3) is 0 Å². The standard InChI is InChI=1S/C18H28N6O/c1-13(2)24-17(7-8-19-24)21-18(25)15(4)23-9-5-6-16(23)12-22-11-14(3)10-20-22/h7-8,10-11,13,15-16H,5-6,9,12H2,1-4H3,(H,21,25)/t15-,16-/m1/s1. The van der Waals surface area contributed by atoms with Gasteiger partial charge in [-0.2, -0.15) is 10.2 Å². The monoisotopic (exact) mass is 344 g/mol. The molecule has 3 rings (SSSR count). The minimum Gasteiger partial charge on any atom is -0.310 e. The lowest BCUT2D eigenvalue weighted by Gasteiger charge is -2.30. The number of carbonyl (C=O) groups is 1. The summed E-state index contributed by atoms with van der Waals surface area (Å²) in [5.74, 6) is 0.774. The molecule has 1 fully saturated rings. The van der Waals surface area contributed by atoms with Crippen LogP contribution < -0.4 is 5.32 Å². The van der Waals surface area contributed by atoms with Crippen molar-refractivity contribution in [2.24, 2.45) is 0 Å². The van der Waals surface area contributed by atoms with Crippen LogP contribution in [0.15, 0.2) is 24.7 Å². The molecule has 136 valence electrons. The Bertz CT molecular complexity index is 719. The smallest absolute Gasteiger partial charge is 0.242 e. The first-order chi connectivity index (χ1) is 12.0. The Balaban J connectivity index is 1.65. The van der Waals surface area contributed by atoms with Gasteiger partial charge in [0.15, 0.2) is 0 Å². The number of hydrogen-bond acceptors (Lipinski definition) is 4. The van der Waals surface area contributed by atoms with E-state index in [-0.39, 0.29) is 18.0 Å². The molecule has 0 spiro atoms. The molecule has 2 aromatic heterocycles. The third kappa shape index (κ3) is 3.92. The molecule has 1 N–H and O–H groups in total. The van der Waals surface area contributed by atoms with Gasteiger partial charge < -0.3 is 5.32 Å². The van der Waals surface area contributed by atoms with Crippen molar-refractivity contribution in [1.82, 2.24) is 24.5 Å². The number of anilines is 1. The molecule has 1 saturated heterocycles. The van der Waals surface area contributed by atoms with Crippen molar-refractivity contribution >= 4 is 11.7 Å². The molecule has 0 saturated carbocycles. The number of aromatic nitrogens is 4. The van der Waals surface area contributed by atoms with E-state index in [0.717, 1.165) is 37.3 Å². The summed E-state index contributed by atoms with van der Waals surface area (Å²) in [6.07, 6.45) is 7.87. The van der Waals surface area contributed by atoms with E-state index in [1.165, 1.54) is 0 Å². The topological polar surface area (TPSA) is 68.0 Å². The fourth-order valence-electron chi connectivity index (χ4n) is 3.55. The number of hydrogen-bond donors (Lipinski definition) is 1. The molecule has 1 amide bonds. The molecule has 0 unspecified atom stereocenters. The summed E-state index contributed by atoms with van der Waals surface area (Å²) < 4.78 is 3.81. The van der Waals surface area contributed by atoms with Gasteiger partial charge in [0.2, 0.25) is 5.91 Å². The second kappa shape index (κ2) is 7.39. The van der Waals surface area contributed by atoms with Crippen LogP contribution >= 0.6 is 0 Å². The normalized spacial score (nSPS) is 19.5. The molecule has 0 aliphatic carbocycles. The van der Waals surface area contributed by atoms with Gasteiger partial charge in [-0.3, -0.25) is 14.4 Å². The van der Waals surface area contributed by atoms with Crippen molar-refractivity contribution < 1.29 is 4.79 Å². The van der Waals surface area contributed by atoms with Crippen molar-refractivity contribution in [1.29, 1.82) is 0 Å². The summed E-state index contributed by atoms with van der Waals surface area (Å²) in [4.78, 5) is 15.1. The van der Waals surface area contributed by atoms with E-state index in [0.29, 0.717) is 6.04 Å². The SMILES string of the molecule is Cc1cnn(C[C@H]2CCCN2[C@H](C)C(=O)Nc2ccnn2C(C)C)c1. The second-order valence-electron chi connectivity index (χ2n) is 7.19. The summed E-state index contributed by atoms with van der Waals surface area (Å²) in [6, 6.07) is 2.22. The van der Waals surface area contributed by atoms with Crippen LogP contribution in [0.1, 0.15) is 45.2 Å². The summed E-state index contributed by atoms with van der Waals surface area (Å²) >= 11 is 0. The van der Waals surface area contributed by atoms with Crippen molar-refractivity contribution in [3.8, 4) is 0 Å². The molecule has 1 aliphatic heterocycles. The number of nitrogens with zero attached hydrogens (tertiary/aromatic N) is 5. The number of rotatable bonds is 6. The van der Waals surface area contributed by atoms with Gasteiger partial charge in [0.05, 0.1) is 25.0 Å². The molecule has 7 heteroatoms. The Kier molecular flexibility index (Phi) is 5.22. The lowest BCUT2D eigenvalue weighted by molar-refractivity contribution is -0.121. The van der Waals surface area contributed by atoms with Crippen LogP contribution in [0.5, 0.6) is 0 Å². The van der Waals surface area contributed by atoms with E-state index in [9.17, 15) is 4.79 Å². The highest BCUT2D eigenvalue weighted by Crippen LogP contribution is 2.23. The number of aryl methyl sites for hydroxylation is 1. The van der Waals surface area contributed by atoms with Gasteiger partial charge in [-0.25, -0.2) is 4.68 Å². The van der Waals surface area contributed by atoms with Crippen LogP contribution in [0.4, 0.5) is 5.82 Å². The molecule has 2 aromatic rings. The molecule has 0 aromatic carbocycles. The third-order valence-electron chi connectivity index (χ3n) is 4.87. The highest BCUT2D eigenvalue weighted by Gasteiger charge is 2.32. The maximum Gasteiger partial charge on any atom is 0.242 e. The van der Waals surface area contributed by atoms with Gasteiger partial charge in [-0.05, 0) is 52.6 Å². The van der Waals surface area contributed by atoms with E-state index >= 15 is 0 Å². The van der Waals surface area contributed by atoms with Crippen LogP contribution in [0, 0.1) is 6.92 Å². The second-order valence-corrected chi connectivity index (χ2v) is 7.19. The maximum atomic E-state index is 12.8. The molecular weight excluding hydrogens is 316 g/mol. The fourth-order valence-corrected chi connectivity index (χ4v) is 3.55. The first-order valence-corrected chi connectivity index (χ1v) is 9.05. The highest BCUT2D eigenvalue weighted by atomic mass is 16.2. The largest absolute Gasteiger partial charge is 0.310 e. The number of amides is 1. The summed E-state index contributed by atoms with van der Waals surface area (Å²) in [7, 11) is 0. The third-order valence-corrected chi connectivity index (χ3v) is 4.87. The fraction of sp³-hybridized carbons (Fsp3) is 0.611. The molecule has 0 bridgehead atoms. The van der Waals surface area contributed by atoms with Gasteiger partial charge in [0.25, 0.3) is 0 Å². The van der Waals surface area contributed by atoms with E-state index in [4.69, 9.17) is 0 Å². The average Bonchev–Trinajstić information content (AvgIpc) is 3.28. The van der Waals surface area contributed by atoms with Crippen molar-refractivity contribution in [2.45, 2.75) is 65.2 Å². The summed E-state index contributed by atoms with van der Waals surface area (Å²) in [5, 5.41) is 11.7. The average molecular weight is 344 g/mol.